The third-order valence-corrected chi connectivity index (χ3v) is 6.51. The SMILES string of the molecule is CC[C@H](C)c1ccc(OCCCOc2cccc(/C=C3\SC(=S)N(C)C3=O)c2)cc1. The maximum absolute atomic E-state index is 12.1. The van der Waals surface area contributed by atoms with Gasteiger partial charge in [-0.3, -0.25) is 9.69 Å². The molecule has 1 aliphatic rings. The van der Waals surface area contributed by atoms with Crippen molar-refractivity contribution >= 4 is 40.3 Å². The van der Waals surface area contributed by atoms with Gasteiger partial charge in [0.25, 0.3) is 5.91 Å². The fraction of sp³-hybridized carbons (Fsp3) is 0.333. The van der Waals surface area contributed by atoms with E-state index in [1.807, 2.05) is 42.5 Å². The molecule has 6 heteroatoms. The third kappa shape index (κ3) is 5.86. The summed E-state index contributed by atoms with van der Waals surface area (Å²) in [6.07, 6.45) is 3.77. The second-order valence-corrected chi connectivity index (χ2v) is 8.92. The molecule has 1 heterocycles. The number of carbonyl (C=O) groups excluding carboxylic acids is 1. The number of ether oxygens (including phenoxy) is 2. The Morgan fingerprint density at radius 2 is 1.80 bits per heavy atom. The summed E-state index contributed by atoms with van der Waals surface area (Å²) in [7, 11) is 1.69. The number of hydrogen-bond donors (Lipinski definition) is 0. The third-order valence-electron chi connectivity index (χ3n) is 5.03. The zero-order chi connectivity index (χ0) is 21.5. The number of carbonyl (C=O) groups is 1. The van der Waals surface area contributed by atoms with Crippen molar-refractivity contribution in [1.82, 2.24) is 4.90 Å². The van der Waals surface area contributed by atoms with E-state index in [1.54, 1.807) is 7.05 Å². The summed E-state index contributed by atoms with van der Waals surface area (Å²) in [5.74, 6) is 2.17. The molecule has 1 saturated heterocycles. The number of benzene rings is 2. The Balaban J connectivity index is 1.45. The van der Waals surface area contributed by atoms with Gasteiger partial charge in [-0.05, 0) is 53.8 Å². The summed E-state index contributed by atoms with van der Waals surface area (Å²) in [6, 6.07) is 16.0. The Kier molecular flexibility index (Phi) is 7.94. The van der Waals surface area contributed by atoms with E-state index in [4.69, 9.17) is 21.7 Å². The van der Waals surface area contributed by atoms with Crippen molar-refractivity contribution < 1.29 is 14.3 Å². The van der Waals surface area contributed by atoms with Gasteiger partial charge in [-0.1, -0.05) is 62.1 Å². The summed E-state index contributed by atoms with van der Waals surface area (Å²) in [6.45, 7) is 5.59. The number of hydrogen-bond acceptors (Lipinski definition) is 5. The highest BCUT2D eigenvalue weighted by atomic mass is 32.2. The van der Waals surface area contributed by atoms with Crippen LogP contribution >= 0.6 is 24.0 Å². The topological polar surface area (TPSA) is 38.8 Å². The molecule has 0 saturated carbocycles. The van der Waals surface area contributed by atoms with Crippen molar-refractivity contribution in [1.29, 1.82) is 0 Å². The van der Waals surface area contributed by atoms with E-state index in [1.165, 1.54) is 22.2 Å². The summed E-state index contributed by atoms with van der Waals surface area (Å²) in [5.41, 5.74) is 2.26. The fourth-order valence-corrected chi connectivity index (χ4v) is 4.14. The van der Waals surface area contributed by atoms with Crippen LogP contribution in [0.2, 0.25) is 0 Å². The van der Waals surface area contributed by atoms with Gasteiger partial charge < -0.3 is 9.47 Å². The van der Waals surface area contributed by atoms with Gasteiger partial charge in [0.2, 0.25) is 0 Å². The Labute approximate surface area is 188 Å². The molecule has 0 spiro atoms. The molecule has 0 aromatic heterocycles. The van der Waals surface area contributed by atoms with Crippen molar-refractivity contribution in [2.75, 3.05) is 20.3 Å². The highest BCUT2D eigenvalue weighted by molar-refractivity contribution is 8.26. The predicted molar refractivity (Wildman–Crippen MR) is 128 cm³/mol. The minimum atomic E-state index is -0.0642. The number of rotatable bonds is 9. The summed E-state index contributed by atoms with van der Waals surface area (Å²) in [4.78, 5) is 14.3. The Hall–Kier alpha value is -2.31. The Bertz CT molecular complexity index is 924. The van der Waals surface area contributed by atoms with Crippen molar-refractivity contribution in [3.63, 3.8) is 0 Å². The monoisotopic (exact) mass is 441 g/mol. The molecule has 0 N–H and O–H groups in total. The molecule has 0 aliphatic carbocycles. The summed E-state index contributed by atoms with van der Waals surface area (Å²) < 4.78 is 12.2. The van der Waals surface area contributed by atoms with Crippen LogP contribution in [-0.4, -0.2) is 35.4 Å². The molecule has 0 radical (unpaired) electrons. The molecule has 2 aromatic rings. The van der Waals surface area contributed by atoms with E-state index in [0.717, 1.165) is 29.9 Å². The van der Waals surface area contributed by atoms with Crippen LogP contribution in [0.1, 0.15) is 43.7 Å². The lowest BCUT2D eigenvalue weighted by atomic mass is 9.99. The summed E-state index contributed by atoms with van der Waals surface area (Å²) >= 11 is 6.49. The number of thiocarbonyl (C=S) groups is 1. The molecule has 0 bridgehead atoms. The highest BCUT2D eigenvalue weighted by Crippen LogP contribution is 2.31. The van der Waals surface area contributed by atoms with E-state index >= 15 is 0 Å². The van der Waals surface area contributed by atoms with Crippen LogP contribution in [0.3, 0.4) is 0 Å². The van der Waals surface area contributed by atoms with Gasteiger partial charge in [-0.25, -0.2) is 0 Å². The quantitative estimate of drug-likeness (QED) is 0.276. The minimum absolute atomic E-state index is 0.0642. The van der Waals surface area contributed by atoms with Gasteiger partial charge in [0.15, 0.2) is 0 Å². The van der Waals surface area contributed by atoms with Crippen LogP contribution in [-0.2, 0) is 4.79 Å². The van der Waals surface area contributed by atoms with E-state index in [0.29, 0.717) is 28.4 Å². The van der Waals surface area contributed by atoms with E-state index in [9.17, 15) is 4.79 Å². The molecule has 1 aliphatic heterocycles. The summed E-state index contributed by atoms with van der Waals surface area (Å²) in [5, 5.41) is 0. The van der Waals surface area contributed by atoms with Gasteiger partial charge in [0.05, 0.1) is 18.1 Å². The average molecular weight is 442 g/mol. The lowest BCUT2D eigenvalue weighted by molar-refractivity contribution is -0.121. The normalized spacial score (nSPS) is 16.2. The molecule has 30 heavy (non-hydrogen) atoms. The minimum Gasteiger partial charge on any atom is -0.493 e. The van der Waals surface area contributed by atoms with E-state index in [-0.39, 0.29) is 5.91 Å². The molecule has 0 unspecified atom stereocenters. The first kappa shape index (κ1) is 22.4. The Morgan fingerprint density at radius 1 is 1.10 bits per heavy atom. The second kappa shape index (κ2) is 10.6. The highest BCUT2D eigenvalue weighted by Gasteiger charge is 2.28. The van der Waals surface area contributed by atoms with E-state index < -0.39 is 0 Å². The van der Waals surface area contributed by atoms with Crippen molar-refractivity contribution in [2.45, 2.75) is 32.6 Å². The molecule has 4 nitrogen and oxygen atoms in total. The second-order valence-electron chi connectivity index (χ2n) is 7.24. The van der Waals surface area contributed by atoms with Crippen LogP contribution in [0.4, 0.5) is 0 Å². The number of likely N-dealkylation sites (N-methyl/N-ethyl adjacent to an activating group) is 1. The van der Waals surface area contributed by atoms with Crippen LogP contribution in [0, 0.1) is 0 Å². The van der Waals surface area contributed by atoms with Crippen LogP contribution in [0.25, 0.3) is 6.08 Å². The van der Waals surface area contributed by atoms with Crippen LogP contribution in [0.5, 0.6) is 11.5 Å². The van der Waals surface area contributed by atoms with Crippen LogP contribution < -0.4 is 9.47 Å². The van der Waals surface area contributed by atoms with E-state index in [2.05, 4.69) is 26.0 Å². The molecule has 3 rings (SSSR count). The lowest BCUT2D eigenvalue weighted by Gasteiger charge is -2.11. The lowest BCUT2D eigenvalue weighted by Crippen LogP contribution is -2.22. The largest absolute Gasteiger partial charge is 0.493 e. The predicted octanol–water partition coefficient (Wildman–Crippen LogP) is 5.88. The van der Waals surface area contributed by atoms with Crippen molar-refractivity contribution in [3.05, 3.63) is 64.6 Å². The van der Waals surface area contributed by atoms with Gasteiger partial charge in [0, 0.05) is 13.5 Å². The first-order valence-corrected chi connectivity index (χ1v) is 11.4. The van der Waals surface area contributed by atoms with Gasteiger partial charge in [0.1, 0.15) is 15.8 Å². The standard InChI is InChI=1S/C24H27NO3S2/c1-4-17(2)19-9-11-20(12-10-19)27-13-6-14-28-21-8-5-7-18(15-21)16-22-23(26)25(3)24(29)30-22/h5,7-12,15-17H,4,6,13-14H2,1-3H3/b22-16-/t17-/m0/s1. The molecule has 158 valence electrons. The first-order valence-electron chi connectivity index (χ1n) is 10.1. The number of nitrogens with zero attached hydrogens (tertiary/aromatic N) is 1. The number of thioether (sulfide) groups is 1. The molecule has 1 atom stereocenters. The van der Waals surface area contributed by atoms with Gasteiger partial charge in [-0.2, -0.15) is 0 Å². The molecular weight excluding hydrogens is 414 g/mol. The molecule has 1 amide bonds. The smallest absolute Gasteiger partial charge is 0.265 e. The zero-order valence-corrected chi connectivity index (χ0v) is 19.2. The van der Waals surface area contributed by atoms with Gasteiger partial charge >= 0.3 is 0 Å². The zero-order valence-electron chi connectivity index (χ0n) is 17.6. The number of amides is 1. The molecule has 2 aromatic carbocycles. The average Bonchev–Trinajstić information content (AvgIpc) is 3.00. The van der Waals surface area contributed by atoms with Crippen LogP contribution in [0.15, 0.2) is 53.4 Å². The Morgan fingerprint density at radius 3 is 2.43 bits per heavy atom. The van der Waals surface area contributed by atoms with Gasteiger partial charge in [-0.15, -0.1) is 0 Å². The van der Waals surface area contributed by atoms with Crippen molar-refractivity contribution in [3.8, 4) is 11.5 Å². The maximum Gasteiger partial charge on any atom is 0.265 e. The maximum atomic E-state index is 12.1. The molecular formula is C24H27NO3S2. The van der Waals surface area contributed by atoms with Crippen molar-refractivity contribution in [2.24, 2.45) is 0 Å². The fourth-order valence-electron chi connectivity index (χ4n) is 2.96. The molecule has 1 fully saturated rings. The first-order chi connectivity index (χ1) is 14.5.